The van der Waals surface area contributed by atoms with Crippen LogP contribution in [0.5, 0.6) is 0 Å². The second kappa shape index (κ2) is 10.2. The lowest BCUT2D eigenvalue weighted by molar-refractivity contribution is -0.117. The quantitative estimate of drug-likeness (QED) is 0.178. The topological polar surface area (TPSA) is 59.1 Å². The maximum absolute atomic E-state index is 13.9. The smallest absolute Gasteiger partial charge is 0.265 e. The second-order valence-corrected chi connectivity index (χ2v) is 10.3. The molecule has 1 heterocycles. The van der Waals surface area contributed by atoms with E-state index in [9.17, 15) is 27.2 Å². The number of benzene rings is 2. The highest BCUT2D eigenvalue weighted by Crippen LogP contribution is 2.65. The van der Waals surface area contributed by atoms with E-state index >= 15 is 0 Å². The number of alkyl halides is 4. The SMILES string of the molecule is O=C(Cc1ncc(F)cc1F)c1cc(NC(=O)C2C(c3ccc(C(F)F)c(Cl)c3)C2(Cl)Cl)ccc1Cl. The van der Waals surface area contributed by atoms with Gasteiger partial charge in [0.15, 0.2) is 5.78 Å². The molecule has 0 saturated heterocycles. The van der Waals surface area contributed by atoms with Gasteiger partial charge in [0.1, 0.15) is 16.0 Å². The molecule has 12 heteroatoms. The van der Waals surface area contributed by atoms with Crippen LogP contribution in [-0.4, -0.2) is 21.0 Å². The van der Waals surface area contributed by atoms with Gasteiger partial charge < -0.3 is 5.32 Å². The predicted octanol–water partition coefficient (Wildman–Crippen LogP) is 7.56. The Balaban J connectivity index is 1.50. The number of anilines is 1. The van der Waals surface area contributed by atoms with Crippen LogP contribution in [0.2, 0.25) is 10.0 Å². The Bertz CT molecular complexity index is 1370. The number of Topliss-reactive ketones (excluding diaryl/α,β-unsaturated/α-hetero) is 1. The summed E-state index contributed by atoms with van der Waals surface area (Å²) in [5, 5.41) is 2.47. The van der Waals surface area contributed by atoms with E-state index in [1.54, 1.807) is 0 Å². The van der Waals surface area contributed by atoms with Gasteiger partial charge in [-0.3, -0.25) is 14.6 Å². The molecule has 2 unspecified atom stereocenters. The number of hydrogen-bond donors (Lipinski definition) is 1. The van der Waals surface area contributed by atoms with E-state index in [1.165, 1.54) is 30.3 Å². The fourth-order valence-corrected chi connectivity index (χ4v) is 5.16. The Morgan fingerprint density at radius 1 is 1.03 bits per heavy atom. The summed E-state index contributed by atoms with van der Waals surface area (Å²) in [5.41, 5.74) is -0.0505. The van der Waals surface area contributed by atoms with Crippen LogP contribution >= 0.6 is 46.4 Å². The van der Waals surface area contributed by atoms with E-state index in [1.807, 2.05) is 0 Å². The summed E-state index contributed by atoms with van der Waals surface area (Å²) in [5.74, 6) is -4.73. The highest BCUT2D eigenvalue weighted by molar-refractivity contribution is 6.53. The highest BCUT2D eigenvalue weighted by atomic mass is 35.5. The summed E-state index contributed by atoms with van der Waals surface area (Å²) >= 11 is 24.7. The zero-order valence-corrected chi connectivity index (χ0v) is 20.9. The number of aromatic nitrogens is 1. The fraction of sp³-hybridized carbons (Fsp3) is 0.208. The van der Waals surface area contributed by atoms with Crippen LogP contribution in [-0.2, 0) is 11.2 Å². The summed E-state index contributed by atoms with van der Waals surface area (Å²) < 4.78 is 51.4. The van der Waals surface area contributed by atoms with Gasteiger partial charge in [-0.1, -0.05) is 35.3 Å². The normalized spacial score (nSPS) is 18.2. The molecule has 1 aliphatic carbocycles. The number of nitrogens with zero attached hydrogens (tertiary/aromatic N) is 1. The first-order chi connectivity index (χ1) is 16.9. The Morgan fingerprint density at radius 2 is 1.75 bits per heavy atom. The largest absolute Gasteiger partial charge is 0.326 e. The molecule has 2 atom stereocenters. The van der Waals surface area contributed by atoms with Crippen molar-refractivity contribution in [3.8, 4) is 0 Å². The van der Waals surface area contributed by atoms with Gasteiger partial charge in [-0.15, -0.1) is 23.2 Å². The minimum absolute atomic E-state index is 0.0234. The van der Waals surface area contributed by atoms with Crippen LogP contribution in [0, 0.1) is 17.6 Å². The Kier molecular flexibility index (Phi) is 7.53. The zero-order valence-electron chi connectivity index (χ0n) is 17.8. The molecule has 4 rings (SSSR count). The monoisotopic (exact) mass is 578 g/mol. The maximum Gasteiger partial charge on any atom is 0.265 e. The highest BCUT2D eigenvalue weighted by Gasteiger charge is 2.67. The molecule has 1 fully saturated rings. The number of hydrogen-bond acceptors (Lipinski definition) is 3. The van der Waals surface area contributed by atoms with Crippen molar-refractivity contribution in [3.63, 3.8) is 0 Å². The van der Waals surface area contributed by atoms with Gasteiger partial charge in [0.05, 0.1) is 29.3 Å². The summed E-state index contributed by atoms with van der Waals surface area (Å²) in [6.45, 7) is 0. The van der Waals surface area contributed by atoms with Crippen LogP contribution in [0.4, 0.5) is 23.2 Å². The standard InChI is InChI=1S/C24H14Cl4F4N2O2/c25-15-4-2-12(7-14(15)19(35)8-18-17(30)6-11(29)9-33-18)34-23(36)21-20(24(21,27)28)10-1-3-13(22(31)32)16(26)5-10/h1-7,9,20-22H,8H2,(H,34,36). The molecule has 1 N–H and O–H groups in total. The number of halogens is 8. The third-order valence-corrected chi connectivity index (χ3v) is 7.30. The number of amides is 1. The summed E-state index contributed by atoms with van der Waals surface area (Å²) in [4.78, 5) is 29.2. The molecule has 0 spiro atoms. The molecule has 4 nitrogen and oxygen atoms in total. The summed E-state index contributed by atoms with van der Waals surface area (Å²) in [6, 6.07) is 8.52. The van der Waals surface area contributed by atoms with Crippen molar-refractivity contribution in [3.05, 3.63) is 92.7 Å². The van der Waals surface area contributed by atoms with E-state index in [2.05, 4.69) is 10.3 Å². The average molecular weight is 580 g/mol. The molecule has 2 aromatic carbocycles. The van der Waals surface area contributed by atoms with Crippen LogP contribution in [0.25, 0.3) is 0 Å². The van der Waals surface area contributed by atoms with Gasteiger partial charge in [0.2, 0.25) is 5.91 Å². The summed E-state index contributed by atoms with van der Waals surface area (Å²) in [6.07, 6.45) is -2.47. The first-order valence-electron chi connectivity index (χ1n) is 10.3. The van der Waals surface area contributed by atoms with Crippen molar-refractivity contribution in [1.82, 2.24) is 4.98 Å². The Labute approximate surface area is 222 Å². The number of carbonyl (C=O) groups is 2. The van der Waals surface area contributed by atoms with Gasteiger partial charge in [-0.25, -0.2) is 17.6 Å². The molecular formula is C24H14Cl4F4N2O2. The van der Waals surface area contributed by atoms with Crippen LogP contribution < -0.4 is 5.32 Å². The van der Waals surface area contributed by atoms with E-state index in [4.69, 9.17) is 46.4 Å². The molecule has 0 bridgehead atoms. The van der Waals surface area contributed by atoms with E-state index < -0.39 is 52.3 Å². The van der Waals surface area contributed by atoms with Crippen molar-refractivity contribution in [1.29, 1.82) is 0 Å². The van der Waals surface area contributed by atoms with Crippen molar-refractivity contribution < 1.29 is 27.2 Å². The number of ketones is 1. The van der Waals surface area contributed by atoms with Crippen LogP contribution in [0.15, 0.2) is 48.7 Å². The lowest BCUT2D eigenvalue weighted by Gasteiger charge is -2.10. The number of nitrogens with one attached hydrogen (secondary N) is 1. The van der Waals surface area contributed by atoms with Gasteiger partial charge in [-0.2, -0.15) is 0 Å². The predicted molar refractivity (Wildman–Crippen MR) is 129 cm³/mol. The molecule has 36 heavy (non-hydrogen) atoms. The molecule has 0 aliphatic heterocycles. The minimum atomic E-state index is -2.77. The van der Waals surface area contributed by atoms with E-state index in [0.29, 0.717) is 11.6 Å². The van der Waals surface area contributed by atoms with Crippen molar-refractivity contribution >= 4 is 63.8 Å². The van der Waals surface area contributed by atoms with Gasteiger partial charge in [0, 0.05) is 33.8 Å². The number of pyridine rings is 1. The molecule has 1 aromatic heterocycles. The van der Waals surface area contributed by atoms with Crippen molar-refractivity contribution in [2.45, 2.75) is 23.1 Å². The first kappa shape index (κ1) is 26.7. The number of carbonyl (C=O) groups excluding carboxylic acids is 2. The van der Waals surface area contributed by atoms with E-state index in [-0.39, 0.29) is 32.6 Å². The molecule has 1 aliphatic rings. The fourth-order valence-electron chi connectivity index (χ4n) is 3.84. The average Bonchev–Trinajstić information content (AvgIpc) is 3.38. The Morgan fingerprint density at radius 3 is 2.39 bits per heavy atom. The lowest BCUT2D eigenvalue weighted by atomic mass is 10.0. The third kappa shape index (κ3) is 5.32. The molecule has 3 aromatic rings. The molecule has 1 saturated carbocycles. The molecule has 0 radical (unpaired) electrons. The van der Waals surface area contributed by atoms with E-state index in [0.717, 1.165) is 12.3 Å². The van der Waals surface area contributed by atoms with Crippen LogP contribution in [0.3, 0.4) is 0 Å². The second-order valence-electron chi connectivity index (χ2n) is 8.08. The van der Waals surface area contributed by atoms with Crippen LogP contribution in [0.1, 0.15) is 39.5 Å². The molecule has 1 amide bonds. The maximum atomic E-state index is 13.9. The lowest BCUT2D eigenvalue weighted by Crippen LogP contribution is -2.17. The van der Waals surface area contributed by atoms with Gasteiger partial charge >= 0.3 is 0 Å². The van der Waals surface area contributed by atoms with Gasteiger partial charge in [-0.05, 0) is 29.8 Å². The third-order valence-electron chi connectivity index (χ3n) is 5.70. The molecular weight excluding hydrogens is 566 g/mol. The number of rotatable bonds is 7. The Hall–Kier alpha value is -2.39. The zero-order chi connectivity index (χ0) is 26.4. The first-order valence-corrected chi connectivity index (χ1v) is 11.8. The van der Waals surface area contributed by atoms with Crippen molar-refractivity contribution in [2.24, 2.45) is 5.92 Å². The molecule has 188 valence electrons. The van der Waals surface area contributed by atoms with Gasteiger partial charge in [0.25, 0.3) is 6.43 Å². The summed E-state index contributed by atoms with van der Waals surface area (Å²) in [7, 11) is 0. The minimum Gasteiger partial charge on any atom is -0.326 e. The van der Waals surface area contributed by atoms with Crippen molar-refractivity contribution in [2.75, 3.05) is 5.32 Å².